The lowest BCUT2D eigenvalue weighted by atomic mass is 9.91. The molecule has 162 valence electrons. The van der Waals surface area contributed by atoms with Crippen LogP contribution >= 0.6 is 0 Å². The maximum atomic E-state index is 12.5. The van der Waals surface area contributed by atoms with E-state index in [0.29, 0.717) is 19.3 Å². The highest BCUT2D eigenvalue weighted by Gasteiger charge is 2.27. The molecule has 0 aliphatic rings. The number of aromatic amines is 1. The fourth-order valence-electron chi connectivity index (χ4n) is 3.50. The molecule has 0 aliphatic carbocycles. The Kier molecular flexibility index (Phi) is 8.15. The summed E-state index contributed by atoms with van der Waals surface area (Å²) in [4.78, 5) is 50.0. The molecule has 8 nitrogen and oxygen atoms in total. The number of carbonyl (C=O) groups is 4. The van der Waals surface area contributed by atoms with Crippen molar-refractivity contribution in [3.63, 3.8) is 0 Å². The van der Waals surface area contributed by atoms with Gasteiger partial charge in [0.15, 0.2) is 0 Å². The second kappa shape index (κ2) is 10.6. The Labute approximate surface area is 175 Å². The molecule has 8 heteroatoms. The molecule has 0 fully saturated rings. The lowest BCUT2D eigenvalue weighted by Gasteiger charge is -2.21. The fraction of sp³-hybridized carbons (Fsp3) is 0.455. The van der Waals surface area contributed by atoms with Gasteiger partial charge < -0.3 is 25.5 Å². The Bertz CT molecular complexity index is 919. The summed E-state index contributed by atoms with van der Waals surface area (Å²) in [6.07, 6.45) is 0.532. The molecule has 0 bridgehead atoms. The number of fused-ring (bicyclic) bond motifs is 1. The number of aryl methyl sites for hydroxylation is 1. The third-order valence-electron chi connectivity index (χ3n) is 5.16. The van der Waals surface area contributed by atoms with Gasteiger partial charge in [-0.25, -0.2) is 0 Å². The summed E-state index contributed by atoms with van der Waals surface area (Å²) in [5.41, 5.74) is 3.26. The molecule has 0 unspecified atom stereocenters. The first-order valence-electron chi connectivity index (χ1n) is 10.0. The van der Waals surface area contributed by atoms with Crippen molar-refractivity contribution in [1.29, 1.82) is 0 Å². The molecular formula is C22H29N3O5. The van der Waals surface area contributed by atoms with Crippen LogP contribution < -0.4 is 10.6 Å². The van der Waals surface area contributed by atoms with E-state index in [1.54, 1.807) is 13.8 Å². The molecule has 0 spiro atoms. The number of aliphatic carboxylic acids is 1. The van der Waals surface area contributed by atoms with E-state index in [0.717, 1.165) is 22.2 Å². The third-order valence-corrected chi connectivity index (χ3v) is 5.16. The summed E-state index contributed by atoms with van der Waals surface area (Å²) in [6, 6.07) is 6.87. The Hall–Kier alpha value is -3.16. The third kappa shape index (κ3) is 6.17. The molecular weight excluding hydrogens is 386 g/mol. The second-order valence-corrected chi connectivity index (χ2v) is 7.78. The van der Waals surface area contributed by atoms with E-state index in [2.05, 4.69) is 15.6 Å². The molecule has 2 aromatic rings. The van der Waals surface area contributed by atoms with Gasteiger partial charge in [-0.1, -0.05) is 32.0 Å². The Morgan fingerprint density at radius 1 is 1.17 bits per heavy atom. The number of carboxylic acid groups (broad SMARTS) is 1. The van der Waals surface area contributed by atoms with Gasteiger partial charge in [0.25, 0.3) is 0 Å². The number of carboxylic acids is 1. The van der Waals surface area contributed by atoms with Crippen LogP contribution in [0.4, 0.5) is 0 Å². The van der Waals surface area contributed by atoms with E-state index >= 15 is 0 Å². The summed E-state index contributed by atoms with van der Waals surface area (Å²) in [5, 5.41) is 15.2. The van der Waals surface area contributed by atoms with Crippen molar-refractivity contribution in [1.82, 2.24) is 15.6 Å². The summed E-state index contributed by atoms with van der Waals surface area (Å²) < 4.78 is 0. The monoisotopic (exact) mass is 415 g/mol. The topological polar surface area (TPSA) is 128 Å². The van der Waals surface area contributed by atoms with Crippen molar-refractivity contribution in [2.75, 3.05) is 6.54 Å². The summed E-state index contributed by atoms with van der Waals surface area (Å²) in [6.45, 7) is 6.04. The highest BCUT2D eigenvalue weighted by atomic mass is 16.4. The van der Waals surface area contributed by atoms with Gasteiger partial charge in [-0.3, -0.25) is 14.4 Å². The van der Waals surface area contributed by atoms with Crippen LogP contribution in [0.5, 0.6) is 0 Å². The smallest absolute Gasteiger partial charge is 0.305 e. The van der Waals surface area contributed by atoms with E-state index in [1.165, 1.54) is 0 Å². The van der Waals surface area contributed by atoms with Crippen LogP contribution in [0.2, 0.25) is 0 Å². The van der Waals surface area contributed by atoms with E-state index in [9.17, 15) is 19.2 Å². The van der Waals surface area contributed by atoms with Crippen molar-refractivity contribution in [3.8, 4) is 0 Å². The maximum absolute atomic E-state index is 12.5. The molecule has 0 radical (unpaired) electrons. The highest BCUT2D eigenvalue weighted by molar-refractivity contribution is 5.88. The van der Waals surface area contributed by atoms with Gasteiger partial charge >= 0.3 is 5.97 Å². The molecule has 1 aromatic heterocycles. The second-order valence-electron chi connectivity index (χ2n) is 7.78. The SMILES string of the molecule is Cc1[nH]c2ccccc2c1CCNC(=O)C[C@H](C(=O)N[C@H](C=O)CC(=O)O)C(C)C. The van der Waals surface area contributed by atoms with Crippen LogP contribution in [0.15, 0.2) is 24.3 Å². The fourth-order valence-corrected chi connectivity index (χ4v) is 3.50. The molecule has 0 aliphatic heterocycles. The van der Waals surface area contributed by atoms with Crippen LogP contribution in [0.25, 0.3) is 10.9 Å². The lowest BCUT2D eigenvalue weighted by Crippen LogP contribution is -2.44. The van der Waals surface area contributed by atoms with Gasteiger partial charge in [-0.05, 0) is 30.9 Å². The van der Waals surface area contributed by atoms with Gasteiger partial charge in [0, 0.05) is 35.5 Å². The van der Waals surface area contributed by atoms with E-state index < -0.39 is 30.3 Å². The highest BCUT2D eigenvalue weighted by Crippen LogP contribution is 2.22. The van der Waals surface area contributed by atoms with Gasteiger partial charge in [0.2, 0.25) is 11.8 Å². The number of rotatable bonds is 11. The molecule has 30 heavy (non-hydrogen) atoms. The number of benzene rings is 1. The Balaban J connectivity index is 1.91. The molecule has 2 rings (SSSR count). The maximum Gasteiger partial charge on any atom is 0.305 e. The van der Waals surface area contributed by atoms with Crippen molar-refractivity contribution in [2.24, 2.45) is 11.8 Å². The molecule has 2 atom stereocenters. The molecule has 1 aromatic carbocycles. The van der Waals surface area contributed by atoms with Gasteiger partial charge in [0.05, 0.1) is 12.5 Å². The number of nitrogens with one attached hydrogen (secondary N) is 3. The first kappa shape index (κ1) is 23.1. The van der Waals surface area contributed by atoms with Crippen LogP contribution in [-0.2, 0) is 25.6 Å². The standard InChI is InChI=1S/C22H29N3O5/c1-13(2)18(22(30)25-15(12-26)10-21(28)29)11-20(27)23-9-8-16-14(3)24-19-7-5-4-6-17(16)19/h4-7,12-13,15,18,24H,8-11H2,1-3H3,(H,23,27)(H,25,30)(H,28,29)/t15-,18-/m0/s1. The molecule has 0 saturated carbocycles. The number of amides is 2. The number of aromatic nitrogens is 1. The summed E-state index contributed by atoms with van der Waals surface area (Å²) in [5.74, 6) is -2.74. The average molecular weight is 415 g/mol. The number of hydrogen-bond donors (Lipinski definition) is 4. The summed E-state index contributed by atoms with van der Waals surface area (Å²) >= 11 is 0. The predicted molar refractivity (Wildman–Crippen MR) is 113 cm³/mol. The normalized spacial score (nSPS) is 13.1. The minimum atomic E-state index is -1.18. The van der Waals surface area contributed by atoms with E-state index in [4.69, 9.17) is 5.11 Å². The zero-order chi connectivity index (χ0) is 22.3. The van der Waals surface area contributed by atoms with Crippen molar-refractivity contribution in [2.45, 2.75) is 46.1 Å². The minimum absolute atomic E-state index is 0.0327. The number of aldehydes is 1. The minimum Gasteiger partial charge on any atom is -0.481 e. The Morgan fingerprint density at radius 3 is 2.50 bits per heavy atom. The number of H-pyrrole nitrogens is 1. The van der Waals surface area contributed by atoms with Crippen LogP contribution in [-0.4, -0.2) is 46.7 Å². The molecule has 0 saturated heterocycles. The summed E-state index contributed by atoms with van der Waals surface area (Å²) in [7, 11) is 0. The van der Waals surface area contributed by atoms with Gasteiger partial charge in [0.1, 0.15) is 6.29 Å². The zero-order valence-corrected chi connectivity index (χ0v) is 17.5. The van der Waals surface area contributed by atoms with Gasteiger partial charge in [-0.15, -0.1) is 0 Å². The quantitative estimate of drug-likeness (QED) is 0.417. The van der Waals surface area contributed by atoms with E-state index in [-0.39, 0.29) is 18.2 Å². The van der Waals surface area contributed by atoms with Crippen molar-refractivity contribution in [3.05, 3.63) is 35.5 Å². The molecule has 2 amide bonds. The van der Waals surface area contributed by atoms with Crippen LogP contribution in [0.3, 0.4) is 0 Å². The number of carbonyl (C=O) groups excluding carboxylic acids is 3. The lowest BCUT2D eigenvalue weighted by molar-refractivity contribution is -0.139. The van der Waals surface area contributed by atoms with Gasteiger partial charge in [-0.2, -0.15) is 0 Å². The zero-order valence-electron chi connectivity index (χ0n) is 17.5. The first-order chi connectivity index (χ1) is 14.2. The number of hydrogen-bond acceptors (Lipinski definition) is 4. The predicted octanol–water partition coefficient (Wildman–Crippen LogP) is 1.96. The van der Waals surface area contributed by atoms with Crippen LogP contribution in [0.1, 0.15) is 37.9 Å². The van der Waals surface area contributed by atoms with E-state index in [1.807, 2.05) is 31.2 Å². The molecule has 4 N–H and O–H groups in total. The van der Waals surface area contributed by atoms with Crippen molar-refractivity contribution >= 4 is 35.0 Å². The average Bonchev–Trinajstić information content (AvgIpc) is 3.00. The first-order valence-corrected chi connectivity index (χ1v) is 10.0. The Morgan fingerprint density at radius 2 is 1.87 bits per heavy atom. The van der Waals surface area contributed by atoms with Crippen LogP contribution in [0, 0.1) is 18.8 Å². The number of para-hydroxylation sites is 1. The largest absolute Gasteiger partial charge is 0.481 e. The molecule has 1 heterocycles. The van der Waals surface area contributed by atoms with Crippen molar-refractivity contribution < 1.29 is 24.3 Å².